The Morgan fingerprint density at radius 2 is 1.92 bits per heavy atom. The summed E-state index contributed by atoms with van der Waals surface area (Å²) in [5.41, 5.74) is 7.61. The summed E-state index contributed by atoms with van der Waals surface area (Å²) in [4.78, 5) is 0. The van der Waals surface area contributed by atoms with E-state index in [1.807, 2.05) is 24.3 Å². The molecule has 0 bridgehead atoms. The molecule has 1 rings (SSSR count). The first kappa shape index (κ1) is 10.1. The van der Waals surface area contributed by atoms with Crippen molar-refractivity contribution in [2.45, 2.75) is 13.0 Å². The molecule has 0 saturated carbocycles. The van der Waals surface area contributed by atoms with E-state index in [4.69, 9.17) is 17.3 Å². The zero-order valence-corrected chi connectivity index (χ0v) is 8.14. The fraction of sp³-hybridized carbons (Fsp3) is 0.273. The zero-order chi connectivity index (χ0) is 9.52. The topological polar surface area (TPSA) is 26.0 Å². The third kappa shape index (κ3) is 3.50. The zero-order valence-electron chi connectivity index (χ0n) is 7.39. The van der Waals surface area contributed by atoms with E-state index in [-0.39, 0.29) is 0 Å². The van der Waals surface area contributed by atoms with Gasteiger partial charge in [0.2, 0.25) is 0 Å². The molecule has 0 spiro atoms. The number of alkyl halides is 1. The van der Waals surface area contributed by atoms with Gasteiger partial charge < -0.3 is 5.73 Å². The van der Waals surface area contributed by atoms with Gasteiger partial charge in [0.1, 0.15) is 0 Å². The fourth-order valence-electron chi connectivity index (χ4n) is 0.936. The average molecular weight is 194 g/mol. The lowest BCUT2D eigenvalue weighted by Gasteiger charge is -1.94. The van der Waals surface area contributed by atoms with Gasteiger partial charge >= 0.3 is 0 Å². The predicted molar refractivity (Wildman–Crippen MR) is 56.5 cm³/mol. The van der Waals surface area contributed by atoms with E-state index in [0.717, 1.165) is 17.5 Å². The van der Waals surface area contributed by atoms with Crippen molar-refractivity contribution in [3.63, 3.8) is 0 Å². The predicted octanol–water partition coefficient (Wildman–Crippen LogP) is 2.13. The van der Waals surface area contributed by atoms with Crippen molar-refractivity contribution in [2.24, 2.45) is 5.73 Å². The Balaban J connectivity index is 2.65. The molecule has 0 aromatic heterocycles. The third-order valence-electron chi connectivity index (χ3n) is 1.64. The Bertz CT molecular complexity index is 305. The second kappa shape index (κ2) is 5.64. The summed E-state index contributed by atoms with van der Waals surface area (Å²) in [5, 5.41) is 0. The molecule has 0 fully saturated rings. The lowest BCUT2D eigenvalue weighted by atomic mass is 10.1. The normalized spacial score (nSPS) is 9.08. The monoisotopic (exact) mass is 193 g/mol. The van der Waals surface area contributed by atoms with Gasteiger partial charge in [-0.25, -0.2) is 0 Å². The Hall–Kier alpha value is -0.970. The lowest BCUT2D eigenvalue weighted by molar-refractivity contribution is 1.07. The molecule has 0 radical (unpaired) electrons. The molecule has 0 aliphatic rings. The fourth-order valence-corrected chi connectivity index (χ4v) is 1.03. The molecule has 2 N–H and O–H groups in total. The van der Waals surface area contributed by atoms with Crippen LogP contribution in [0.3, 0.4) is 0 Å². The van der Waals surface area contributed by atoms with E-state index in [1.165, 1.54) is 0 Å². The molecule has 1 aromatic carbocycles. The highest BCUT2D eigenvalue weighted by molar-refractivity contribution is 6.18. The number of rotatable bonds is 2. The molecule has 0 aliphatic carbocycles. The molecule has 68 valence electrons. The molecule has 0 saturated heterocycles. The number of halogens is 1. The van der Waals surface area contributed by atoms with Gasteiger partial charge in [-0.05, 0) is 17.7 Å². The Morgan fingerprint density at radius 3 is 2.46 bits per heavy atom. The van der Waals surface area contributed by atoms with E-state index >= 15 is 0 Å². The van der Waals surface area contributed by atoms with Gasteiger partial charge in [-0.15, -0.1) is 11.6 Å². The highest BCUT2D eigenvalue weighted by Gasteiger charge is 1.88. The van der Waals surface area contributed by atoms with Crippen molar-refractivity contribution in [2.75, 3.05) is 5.88 Å². The van der Waals surface area contributed by atoms with Gasteiger partial charge in [-0.2, -0.15) is 0 Å². The van der Waals surface area contributed by atoms with Gasteiger partial charge in [0.15, 0.2) is 0 Å². The molecule has 1 nitrogen and oxygen atoms in total. The standard InChI is InChI=1S/C11H12ClN/c12-8-2-1-3-10-4-6-11(9-13)7-5-10/h4-7H,2,8-9,13H2. The largest absolute Gasteiger partial charge is 0.326 e. The van der Waals surface area contributed by atoms with Crippen LogP contribution >= 0.6 is 11.6 Å². The first-order chi connectivity index (χ1) is 6.36. The summed E-state index contributed by atoms with van der Waals surface area (Å²) in [6, 6.07) is 7.93. The van der Waals surface area contributed by atoms with Crippen LogP contribution < -0.4 is 5.73 Å². The van der Waals surface area contributed by atoms with E-state index in [1.54, 1.807) is 0 Å². The van der Waals surface area contributed by atoms with Crippen LogP contribution in [0.5, 0.6) is 0 Å². The quantitative estimate of drug-likeness (QED) is 0.565. The minimum atomic E-state index is 0.579. The van der Waals surface area contributed by atoms with Crippen LogP contribution in [0.25, 0.3) is 0 Å². The SMILES string of the molecule is NCc1ccc(C#CCCCl)cc1. The second-order valence-electron chi connectivity index (χ2n) is 2.64. The smallest absolute Gasteiger partial charge is 0.0333 e. The van der Waals surface area contributed by atoms with Crippen LogP contribution in [0, 0.1) is 11.8 Å². The number of hydrogen-bond acceptors (Lipinski definition) is 1. The van der Waals surface area contributed by atoms with Crippen LogP contribution in [0.2, 0.25) is 0 Å². The van der Waals surface area contributed by atoms with Crippen LogP contribution in [0.15, 0.2) is 24.3 Å². The van der Waals surface area contributed by atoms with Crippen molar-refractivity contribution in [3.05, 3.63) is 35.4 Å². The van der Waals surface area contributed by atoms with E-state index in [9.17, 15) is 0 Å². The maximum Gasteiger partial charge on any atom is 0.0333 e. The van der Waals surface area contributed by atoms with Crippen molar-refractivity contribution in [1.29, 1.82) is 0 Å². The third-order valence-corrected chi connectivity index (χ3v) is 1.83. The summed E-state index contributed by atoms with van der Waals surface area (Å²) >= 11 is 5.50. The first-order valence-electron chi connectivity index (χ1n) is 4.20. The summed E-state index contributed by atoms with van der Waals surface area (Å²) in [6.45, 7) is 0.579. The number of nitrogens with two attached hydrogens (primary N) is 1. The molecular weight excluding hydrogens is 182 g/mol. The van der Waals surface area contributed by atoms with Gasteiger partial charge in [-0.1, -0.05) is 24.0 Å². The van der Waals surface area contributed by atoms with Crippen LogP contribution in [-0.4, -0.2) is 5.88 Å². The molecule has 0 atom stereocenters. The average Bonchev–Trinajstić information content (AvgIpc) is 2.19. The van der Waals surface area contributed by atoms with Crippen molar-refractivity contribution in [3.8, 4) is 11.8 Å². The second-order valence-corrected chi connectivity index (χ2v) is 3.02. The molecule has 1 aromatic rings. The molecular formula is C11H12ClN. The van der Waals surface area contributed by atoms with E-state index < -0.39 is 0 Å². The molecule has 13 heavy (non-hydrogen) atoms. The highest BCUT2D eigenvalue weighted by atomic mass is 35.5. The Kier molecular flexibility index (Phi) is 4.39. The van der Waals surface area contributed by atoms with Gasteiger partial charge in [0.25, 0.3) is 0 Å². The van der Waals surface area contributed by atoms with E-state index in [2.05, 4.69) is 11.8 Å². The van der Waals surface area contributed by atoms with Gasteiger partial charge in [0, 0.05) is 24.4 Å². The molecule has 0 amide bonds. The van der Waals surface area contributed by atoms with Crippen molar-refractivity contribution < 1.29 is 0 Å². The molecule has 0 unspecified atom stereocenters. The number of benzene rings is 1. The van der Waals surface area contributed by atoms with Crippen LogP contribution in [0.1, 0.15) is 17.5 Å². The highest BCUT2D eigenvalue weighted by Crippen LogP contribution is 2.01. The summed E-state index contributed by atoms with van der Waals surface area (Å²) in [5.74, 6) is 6.59. The summed E-state index contributed by atoms with van der Waals surface area (Å²) < 4.78 is 0. The first-order valence-corrected chi connectivity index (χ1v) is 4.74. The number of hydrogen-bond donors (Lipinski definition) is 1. The maximum atomic E-state index is 5.50. The summed E-state index contributed by atoms with van der Waals surface area (Å²) in [7, 11) is 0. The van der Waals surface area contributed by atoms with Crippen molar-refractivity contribution in [1.82, 2.24) is 0 Å². The molecule has 0 aliphatic heterocycles. The van der Waals surface area contributed by atoms with Crippen molar-refractivity contribution >= 4 is 11.6 Å². The molecule has 2 heteroatoms. The minimum absolute atomic E-state index is 0.579. The maximum absolute atomic E-state index is 5.50. The summed E-state index contributed by atoms with van der Waals surface area (Å²) in [6.07, 6.45) is 0.736. The minimum Gasteiger partial charge on any atom is -0.326 e. The molecule has 0 heterocycles. The van der Waals surface area contributed by atoms with Crippen LogP contribution in [-0.2, 0) is 6.54 Å². The van der Waals surface area contributed by atoms with Gasteiger partial charge in [0.05, 0.1) is 0 Å². The van der Waals surface area contributed by atoms with Gasteiger partial charge in [-0.3, -0.25) is 0 Å². The van der Waals surface area contributed by atoms with Crippen LogP contribution in [0.4, 0.5) is 0 Å². The van der Waals surface area contributed by atoms with E-state index in [0.29, 0.717) is 12.4 Å². The lowest BCUT2D eigenvalue weighted by Crippen LogP contribution is -1.95. The Morgan fingerprint density at radius 1 is 1.23 bits per heavy atom. The Labute approximate surface area is 83.9 Å².